The van der Waals surface area contributed by atoms with E-state index in [0.29, 0.717) is 31.2 Å². The van der Waals surface area contributed by atoms with Crippen LogP contribution in [0.1, 0.15) is 28.8 Å². The van der Waals surface area contributed by atoms with Gasteiger partial charge in [-0.1, -0.05) is 30.3 Å². The number of rotatable bonds is 7. The number of nitrogens with two attached hydrogens (primary N) is 1. The first-order valence-electron chi connectivity index (χ1n) is 9.67. The number of hydrogen-bond donors (Lipinski definition) is 2. The molecule has 0 unspecified atom stereocenters. The van der Waals surface area contributed by atoms with Crippen molar-refractivity contribution in [3.63, 3.8) is 0 Å². The van der Waals surface area contributed by atoms with Gasteiger partial charge in [0.2, 0.25) is 5.91 Å². The minimum Gasteiger partial charge on any atom is -0.462 e. The summed E-state index contributed by atoms with van der Waals surface area (Å²) in [7, 11) is 0. The third-order valence-electron chi connectivity index (χ3n) is 5.01. The van der Waals surface area contributed by atoms with Gasteiger partial charge in [-0.05, 0) is 61.7 Å². The number of carbonyl (C=O) groups excluding carboxylic acids is 2. The predicted molar refractivity (Wildman–Crippen MR) is 109 cm³/mol. The molecule has 0 aromatic heterocycles. The molecule has 2 aromatic rings. The SMILES string of the molecule is NCc1ccc(NC(=O)CN2CCC(COC(=O)c3ccccc3)CC2)cc1. The van der Waals surface area contributed by atoms with Crippen molar-refractivity contribution in [3.8, 4) is 0 Å². The number of piperidine rings is 1. The number of ether oxygens (including phenoxy) is 1. The van der Waals surface area contributed by atoms with E-state index in [-0.39, 0.29) is 11.9 Å². The van der Waals surface area contributed by atoms with Gasteiger partial charge in [0.1, 0.15) is 0 Å². The molecule has 1 fully saturated rings. The van der Waals surface area contributed by atoms with Crippen molar-refractivity contribution in [1.82, 2.24) is 4.90 Å². The van der Waals surface area contributed by atoms with Crippen LogP contribution in [0.15, 0.2) is 54.6 Å². The molecule has 1 aliphatic heterocycles. The molecule has 148 valence electrons. The number of benzene rings is 2. The highest BCUT2D eigenvalue weighted by Crippen LogP contribution is 2.18. The van der Waals surface area contributed by atoms with E-state index in [4.69, 9.17) is 10.5 Å². The molecule has 3 rings (SSSR count). The van der Waals surface area contributed by atoms with Gasteiger partial charge < -0.3 is 15.8 Å². The zero-order valence-corrected chi connectivity index (χ0v) is 16.0. The summed E-state index contributed by atoms with van der Waals surface area (Å²) in [5.74, 6) is 0.0493. The third kappa shape index (κ3) is 5.90. The van der Waals surface area contributed by atoms with Gasteiger partial charge in [-0.25, -0.2) is 4.79 Å². The molecule has 1 saturated heterocycles. The van der Waals surface area contributed by atoms with E-state index >= 15 is 0 Å². The Morgan fingerprint density at radius 2 is 1.71 bits per heavy atom. The summed E-state index contributed by atoms with van der Waals surface area (Å²) >= 11 is 0. The minimum absolute atomic E-state index is 0.0190. The van der Waals surface area contributed by atoms with Gasteiger partial charge in [0, 0.05) is 12.2 Å². The Morgan fingerprint density at radius 3 is 2.36 bits per heavy atom. The highest BCUT2D eigenvalue weighted by Gasteiger charge is 2.22. The number of anilines is 1. The molecule has 0 bridgehead atoms. The molecule has 0 spiro atoms. The number of esters is 1. The molecule has 6 heteroatoms. The average molecular weight is 381 g/mol. The zero-order valence-electron chi connectivity index (χ0n) is 16.0. The van der Waals surface area contributed by atoms with E-state index in [0.717, 1.165) is 37.2 Å². The van der Waals surface area contributed by atoms with Gasteiger partial charge >= 0.3 is 5.97 Å². The van der Waals surface area contributed by atoms with Gasteiger partial charge in [0.15, 0.2) is 0 Å². The second kappa shape index (κ2) is 10.0. The summed E-state index contributed by atoms with van der Waals surface area (Å²) in [6.45, 7) is 2.94. The van der Waals surface area contributed by atoms with Crippen LogP contribution < -0.4 is 11.1 Å². The van der Waals surface area contributed by atoms with E-state index < -0.39 is 0 Å². The van der Waals surface area contributed by atoms with Crippen molar-refractivity contribution in [2.24, 2.45) is 11.7 Å². The molecule has 28 heavy (non-hydrogen) atoms. The van der Waals surface area contributed by atoms with Crippen molar-refractivity contribution >= 4 is 17.6 Å². The van der Waals surface area contributed by atoms with Crippen LogP contribution in [0.5, 0.6) is 0 Å². The lowest BCUT2D eigenvalue weighted by molar-refractivity contribution is -0.117. The summed E-state index contributed by atoms with van der Waals surface area (Å²) in [4.78, 5) is 26.4. The first-order valence-corrected chi connectivity index (χ1v) is 9.67. The Morgan fingerprint density at radius 1 is 1.04 bits per heavy atom. The fourth-order valence-electron chi connectivity index (χ4n) is 3.29. The summed E-state index contributed by atoms with van der Waals surface area (Å²) in [5.41, 5.74) is 7.98. The molecular formula is C22H27N3O3. The molecule has 1 heterocycles. The number of carbonyl (C=O) groups is 2. The lowest BCUT2D eigenvalue weighted by Gasteiger charge is -2.31. The smallest absolute Gasteiger partial charge is 0.338 e. The van der Waals surface area contributed by atoms with Crippen molar-refractivity contribution in [3.05, 3.63) is 65.7 Å². The molecule has 6 nitrogen and oxygen atoms in total. The van der Waals surface area contributed by atoms with E-state index in [1.54, 1.807) is 12.1 Å². The Bertz CT molecular complexity index is 769. The van der Waals surface area contributed by atoms with Gasteiger partial charge in [-0.2, -0.15) is 0 Å². The number of hydrogen-bond acceptors (Lipinski definition) is 5. The lowest BCUT2D eigenvalue weighted by atomic mass is 9.98. The number of likely N-dealkylation sites (tertiary alicyclic amines) is 1. The number of amides is 1. The Kier molecular flexibility index (Phi) is 7.17. The molecular weight excluding hydrogens is 354 g/mol. The van der Waals surface area contributed by atoms with Crippen LogP contribution in [-0.2, 0) is 16.1 Å². The summed E-state index contributed by atoms with van der Waals surface area (Å²) in [6.07, 6.45) is 1.83. The quantitative estimate of drug-likeness (QED) is 0.721. The monoisotopic (exact) mass is 381 g/mol. The first-order chi connectivity index (χ1) is 13.6. The fourth-order valence-corrected chi connectivity index (χ4v) is 3.29. The molecule has 0 saturated carbocycles. The van der Waals surface area contributed by atoms with Crippen molar-refractivity contribution < 1.29 is 14.3 Å². The summed E-state index contributed by atoms with van der Waals surface area (Å²) in [6, 6.07) is 16.6. The maximum Gasteiger partial charge on any atom is 0.338 e. The van der Waals surface area contributed by atoms with E-state index in [1.807, 2.05) is 42.5 Å². The van der Waals surface area contributed by atoms with Gasteiger partial charge in [-0.15, -0.1) is 0 Å². The molecule has 1 aliphatic rings. The molecule has 0 atom stereocenters. The van der Waals surface area contributed by atoms with Crippen molar-refractivity contribution in [1.29, 1.82) is 0 Å². The van der Waals surface area contributed by atoms with Crippen molar-refractivity contribution in [2.75, 3.05) is 31.6 Å². The van der Waals surface area contributed by atoms with E-state index in [2.05, 4.69) is 10.2 Å². The molecule has 0 aliphatic carbocycles. The van der Waals surface area contributed by atoms with Crippen molar-refractivity contribution in [2.45, 2.75) is 19.4 Å². The predicted octanol–water partition coefficient (Wildman–Crippen LogP) is 2.65. The summed E-state index contributed by atoms with van der Waals surface area (Å²) in [5, 5.41) is 2.92. The first kappa shape index (κ1) is 20.0. The van der Waals surface area contributed by atoms with Crippen LogP contribution in [-0.4, -0.2) is 43.0 Å². The van der Waals surface area contributed by atoms with E-state index in [9.17, 15) is 9.59 Å². The highest BCUT2D eigenvalue weighted by molar-refractivity contribution is 5.92. The van der Waals surface area contributed by atoms with Gasteiger partial charge in [0.25, 0.3) is 0 Å². The summed E-state index contributed by atoms with van der Waals surface area (Å²) < 4.78 is 5.44. The molecule has 2 aromatic carbocycles. The third-order valence-corrected chi connectivity index (χ3v) is 5.01. The lowest BCUT2D eigenvalue weighted by Crippen LogP contribution is -2.40. The molecule has 3 N–H and O–H groups in total. The fraction of sp³-hybridized carbons (Fsp3) is 0.364. The van der Waals surface area contributed by atoms with Crippen LogP contribution in [0, 0.1) is 5.92 Å². The normalized spacial score (nSPS) is 15.2. The second-order valence-electron chi connectivity index (χ2n) is 7.13. The van der Waals surface area contributed by atoms with Crippen LogP contribution in [0.2, 0.25) is 0 Å². The van der Waals surface area contributed by atoms with Gasteiger partial charge in [-0.3, -0.25) is 9.69 Å². The second-order valence-corrected chi connectivity index (χ2v) is 7.13. The zero-order chi connectivity index (χ0) is 19.8. The van der Waals surface area contributed by atoms with Crippen LogP contribution >= 0.6 is 0 Å². The number of nitrogens with one attached hydrogen (secondary N) is 1. The highest BCUT2D eigenvalue weighted by atomic mass is 16.5. The van der Waals surface area contributed by atoms with Crippen LogP contribution in [0.25, 0.3) is 0 Å². The molecule has 0 radical (unpaired) electrons. The maximum absolute atomic E-state index is 12.2. The van der Waals surface area contributed by atoms with Gasteiger partial charge in [0.05, 0.1) is 18.7 Å². The number of nitrogens with zero attached hydrogens (tertiary/aromatic N) is 1. The average Bonchev–Trinajstić information content (AvgIpc) is 2.74. The topological polar surface area (TPSA) is 84.7 Å². The van der Waals surface area contributed by atoms with E-state index in [1.165, 1.54) is 0 Å². The Balaban J connectivity index is 1.36. The Labute approximate surface area is 165 Å². The Hall–Kier alpha value is -2.70. The standard InChI is InChI=1S/C22H27N3O3/c23-14-17-6-8-20(9-7-17)24-21(26)15-25-12-10-18(11-13-25)16-28-22(27)19-4-2-1-3-5-19/h1-9,18H,10-16,23H2,(H,24,26). The van der Waals surface area contributed by atoms with Crippen LogP contribution in [0.4, 0.5) is 5.69 Å². The minimum atomic E-state index is -0.275. The molecule has 1 amide bonds. The van der Waals surface area contributed by atoms with Crippen LogP contribution in [0.3, 0.4) is 0 Å². The maximum atomic E-state index is 12.2. The largest absolute Gasteiger partial charge is 0.462 e.